The van der Waals surface area contributed by atoms with Gasteiger partial charge in [-0.3, -0.25) is 4.79 Å². The summed E-state index contributed by atoms with van der Waals surface area (Å²) in [7, 11) is 0. The molecule has 2 aromatic rings. The van der Waals surface area contributed by atoms with Gasteiger partial charge >= 0.3 is 5.97 Å². The minimum Gasteiger partial charge on any atom is -0.478 e. The molecule has 0 bridgehead atoms. The number of aryl methyl sites for hydroxylation is 1. The second kappa shape index (κ2) is 6.17. The van der Waals surface area contributed by atoms with Crippen LogP contribution in [0.4, 0.5) is 0 Å². The van der Waals surface area contributed by atoms with Gasteiger partial charge in [0.05, 0.1) is 11.8 Å². The number of benzene rings is 1. The Hall–Kier alpha value is -2.69. The summed E-state index contributed by atoms with van der Waals surface area (Å²) in [5.41, 5.74) is 1.26. The second-order valence-corrected chi connectivity index (χ2v) is 4.54. The molecule has 0 spiro atoms. The molecule has 1 N–H and O–H groups in total. The fraction of sp³-hybridized carbons (Fsp3) is 0.188. The van der Waals surface area contributed by atoms with Crippen molar-refractivity contribution in [3.05, 3.63) is 53.3 Å². The van der Waals surface area contributed by atoms with E-state index in [1.165, 1.54) is 12.3 Å². The molecule has 1 aromatic carbocycles. The second-order valence-electron chi connectivity index (χ2n) is 4.54. The largest absolute Gasteiger partial charge is 0.478 e. The molecular formula is C16H15NO4. The first-order chi connectivity index (χ1) is 10.0. The number of carboxylic acids is 1. The van der Waals surface area contributed by atoms with Crippen molar-refractivity contribution in [2.75, 3.05) is 0 Å². The summed E-state index contributed by atoms with van der Waals surface area (Å²) in [5.74, 6) is 0.0188. The first-order valence-corrected chi connectivity index (χ1v) is 6.52. The molecule has 0 atom stereocenters. The van der Waals surface area contributed by atoms with Crippen molar-refractivity contribution in [2.24, 2.45) is 0 Å². The van der Waals surface area contributed by atoms with Crippen LogP contribution in [-0.2, 0) is 0 Å². The van der Waals surface area contributed by atoms with Crippen molar-refractivity contribution in [1.82, 2.24) is 4.98 Å². The zero-order valence-corrected chi connectivity index (χ0v) is 11.8. The molecule has 0 aliphatic heterocycles. The van der Waals surface area contributed by atoms with E-state index in [0.29, 0.717) is 29.2 Å². The highest BCUT2D eigenvalue weighted by Gasteiger charge is 2.09. The van der Waals surface area contributed by atoms with E-state index in [9.17, 15) is 9.59 Å². The summed E-state index contributed by atoms with van der Waals surface area (Å²) in [6.07, 6.45) is 1.88. The van der Waals surface area contributed by atoms with Crippen LogP contribution in [-0.4, -0.2) is 21.8 Å². The van der Waals surface area contributed by atoms with Crippen LogP contribution in [0.25, 0.3) is 0 Å². The van der Waals surface area contributed by atoms with Gasteiger partial charge in [0, 0.05) is 6.42 Å². The Morgan fingerprint density at radius 2 is 1.90 bits per heavy atom. The van der Waals surface area contributed by atoms with Gasteiger partial charge in [-0.05, 0) is 42.8 Å². The van der Waals surface area contributed by atoms with E-state index in [1.54, 1.807) is 38.1 Å². The lowest BCUT2D eigenvalue weighted by Gasteiger charge is -2.08. The van der Waals surface area contributed by atoms with Crippen molar-refractivity contribution in [3.8, 4) is 11.5 Å². The number of hydrogen-bond donors (Lipinski definition) is 1. The number of aromatic nitrogens is 1. The van der Waals surface area contributed by atoms with E-state index < -0.39 is 5.97 Å². The number of aromatic carboxylic acids is 1. The first kappa shape index (κ1) is 14.7. The molecule has 0 saturated carbocycles. The zero-order chi connectivity index (χ0) is 15.4. The van der Waals surface area contributed by atoms with Gasteiger partial charge in [0.2, 0.25) is 0 Å². The number of carboxylic acid groups (broad SMARTS) is 1. The number of Topliss-reactive ketones (excluding diaryl/α,β-unsaturated/α-hetero) is 1. The third-order valence-corrected chi connectivity index (χ3v) is 3.01. The molecule has 5 nitrogen and oxygen atoms in total. The minimum absolute atomic E-state index is 0.0248. The molecule has 0 amide bonds. The molecule has 0 aliphatic rings. The molecule has 108 valence electrons. The fourth-order valence-corrected chi connectivity index (χ4v) is 1.86. The van der Waals surface area contributed by atoms with Crippen molar-refractivity contribution in [3.63, 3.8) is 0 Å². The van der Waals surface area contributed by atoms with E-state index in [2.05, 4.69) is 4.98 Å². The zero-order valence-electron chi connectivity index (χ0n) is 11.8. The molecular weight excluding hydrogens is 270 g/mol. The monoisotopic (exact) mass is 285 g/mol. The van der Waals surface area contributed by atoms with Crippen LogP contribution >= 0.6 is 0 Å². The molecule has 0 radical (unpaired) electrons. The third kappa shape index (κ3) is 3.45. The Labute approximate surface area is 122 Å². The number of hydrogen-bond acceptors (Lipinski definition) is 4. The maximum Gasteiger partial charge on any atom is 0.335 e. The van der Waals surface area contributed by atoms with Gasteiger partial charge in [-0.15, -0.1) is 0 Å². The highest BCUT2D eigenvalue weighted by atomic mass is 16.5. The minimum atomic E-state index is -0.969. The SMILES string of the molecule is CCC(=O)c1ccc(Oc2ccc(C(=O)O)c(C)c2)cn1. The summed E-state index contributed by atoms with van der Waals surface area (Å²) in [4.78, 5) is 26.5. The predicted molar refractivity (Wildman–Crippen MR) is 77.1 cm³/mol. The molecule has 0 aliphatic carbocycles. The number of rotatable bonds is 5. The third-order valence-electron chi connectivity index (χ3n) is 3.01. The van der Waals surface area contributed by atoms with E-state index in [0.717, 1.165) is 0 Å². The average molecular weight is 285 g/mol. The lowest BCUT2D eigenvalue weighted by molar-refractivity contribution is 0.0696. The van der Waals surface area contributed by atoms with Crippen LogP contribution in [0.5, 0.6) is 11.5 Å². The van der Waals surface area contributed by atoms with E-state index >= 15 is 0 Å². The van der Waals surface area contributed by atoms with Crippen LogP contribution in [0.2, 0.25) is 0 Å². The van der Waals surface area contributed by atoms with E-state index in [1.807, 2.05) is 0 Å². The first-order valence-electron chi connectivity index (χ1n) is 6.52. The fourth-order valence-electron chi connectivity index (χ4n) is 1.86. The molecule has 1 heterocycles. The number of ether oxygens (including phenoxy) is 1. The maximum absolute atomic E-state index is 11.5. The van der Waals surface area contributed by atoms with Gasteiger partial charge < -0.3 is 9.84 Å². The Kier molecular flexibility index (Phi) is 4.33. The van der Waals surface area contributed by atoms with Crippen LogP contribution in [0.15, 0.2) is 36.5 Å². The van der Waals surface area contributed by atoms with E-state index in [-0.39, 0.29) is 11.3 Å². The topological polar surface area (TPSA) is 76.5 Å². The van der Waals surface area contributed by atoms with Crippen LogP contribution in [0.1, 0.15) is 39.8 Å². The predicted octanol–water partition coefficient (Wildman–Crippen LogP) is 3.47. The van der Waals surface area contributed by atoms with Gasteiger partial charge in [0.1, 0.15) is 17.2 Å². The lowest BCUT2D eigenvalue weighted by atomic mass is 10.1. The molecule has 0 unspecified atom stereocenters. The summed E-state index contributed by atoms with van der Waals surface area (Å²) < 4.78 is 5.60. The van der Waals surface area contributed by atoms with Gasteiger partial charge in [0.25, 0.3) is 0 Å². The number of nitrogens with zero attached hydrogens (tertiary/aromatic N) is 1. The lowest BCUT2D eigenvalue weighted by Crippen LogP contribution is -2.00. The van der Waals surface area contributed by atoms with Crippen LogP contribution in [0.3, 0.4) is 0 Å². The van der Waals surface area contributed by atoms with Crippen molar-refractivity contribution < 1.29 is 19.4 Å². The maximum atomic E-state index is 11.5. The molecule has 1 aromatic heterocycles. The van der Waals surface area contributed by atoms with Gasteiger partial charge in [-0.25, -0.2) is 9.78 Å². The van der Waals surface area contributed by atoms with Gasteiger partial charge in [-0.1, -0.05) is 6.92 Å². The van der Waals surface area contributed by atoms with Gasteiger partial charge in [0.15, 0.2) is 5.78 Å². The molecule has 0 saturated heterocycles. The number of carbonyl (C=O) groups excluding carboxylic acids is 1. The summed E-state index contributed by atoms with van der Waals surface area (Å²) in [6, 6.07) is 8.00. The summed E-state index contributed by atoms with van der Waals surface area (Å²) >= 11 is 0. The Balaban J connectivity index is 2.17. The number of ketones is 1. The molecule has 5 heteroatoms. The Bertz CT molecular complexity index is 677. The molecule has 2 rings (SSSR count). The average Bonchev–Trinajstić information content (AvgIpc) is 2.47. The number of pyridine rings is 1. The Morgan fingerprint density at radius 1 is 1.19 bits per heavy atom. The summed E-state index contributed by atoms with van der Waals surface area (Å²) in [6.45, 7) is 3.48. The van der Waals surface area contributed by atoms with Gasteiger partial charge in [-0.2, -0.15) is 0 Å². The van der Waals surface area contributed by atoms with Crippen LogP contribution < -0.4 is 4.74 Å². The van der Waals surface area contributed by atoms with E-state index in [4.69, 9.17) is 9.84 Å². The number of carbonyl (C=O) groups is 2. The normalized spacial score (nSPS) is 10.2. The highest BCUT2D eigenvalue weighted by Crippen LogP contribution is 2.23. The van der Waals surface area contributed by atoms with Crippen molar-refractivity contribution in [2.45, 2.75) is 20.3 Å². The summed E-state index contributed by atoms with van der Waals surface area (Å²) in [5, 5.41) is 8.97. The van der Waals surface area contributed by atoms with Crippen molar-refractivity contribution in [1.29, 1.82) is 0 Å². The van der Waals surface area contributed by atoms with Crippen molar-refractivity contribution >= 4 is 11.8 Å². The standard InChI is InChI=1S/C16H15NO4/c1-3-15(18)14-7-5-12(9-17-14)21-11-4-6-13(16(19)20)10(2)8-11/h4-9H,3H2,1-2H3,(H,19,20). The highest BCUT2D eigenvalue weighted by molar-refractivity contribution is 5.94. The van der Waals surface area contributed by atoms with Crippen LogP contribution in [0, 0.1) is 6.92 Å². The smallest absolute Gasteiger partial charge is 0.335 e. The molecule has 21 heavy (non-hydrogen) atoms. The quantitative estimate of drug-likeness (QED) is 0.851. The molecule has 0 fully saturated rings. The Morgan fingerprint density at radius 3 is 2.43 bits per heavy atom.